The SMILES string of the molecule is CC(=O)OCCCN1CCc2cc(CC(C)NCCOc3ccccc3OCC(F)(F)F)cc(C(N)=O)c21. The van der Waals surface area contributed by atoms with Gasteiger partial charge < -0.3 is 30.2 Å². The van der Waals surface area contributed by atoms with E-state index in [0.717, 1.165) is 29.8 Å². The third kappa shape index (κ3) is 8.83. The number of para-hydroxylation sites is 2. The van der Waals surface area contributed by atoms with Crippen LogP contribution in [0, 0.1) is 0 Å². The molecule has 3 rings (SSSR count). The standard InChI is InChI=1S/C27H34F3N3O5/c1-18(32-9-13-37-23-6-3-4-7-24(23)38-17-27(28,29)30)14-20-15-21-8-11-33(10-5-12-36-19(2)34)25(21)22(16-20)26(31)35/h3-4,6-7,15-16,18,32H,5,8-14,17H2,1-2H3,(H2,31,35). The summed E-state index contributed by atoms with van der Waals surface area (Å²) in [6.07, 6.45) is -2.34. The van der Waals surface area contributed by atoms with Gasteiger partial charge in [-0.05, 0) is 55.5 Å². The number of fused-ring (bicyclic) bond motifs is 1. The van der Waals surface area contributed by atoms with Gasteiger partial charge in [-0.15, -0.1) is 0 Å². The number of amides is 1. The van der Waals surface area contributed by atoms with Crippen molar-refractivity contribution in [1.82, 2.24) is 5.32 Å². The van der Waals surface area contributed by atoms with Crippen LogP contribution in [0.5, 0.6) is 11.5 Å². The second kappa shape index (κ2) is 13.4. The molecule has 0 spiro atoms. The van der Waals surface area contributed by atoms with Crippen molar-refractivity contribution >= 4 is 17.6 Å². The minimum absolute atomic E-state index is 0.0373. The number of ether oxygens (including phenoxy) is 3. The van der Waals surface area contributed by atoms with E-state index in [0.29, 0.717) is 38.1 Å². The molecule has 1 unspecified atom stereocenters. The number of benzene rings is 2. The second-order valence-corrected chi connectivity index (χ2v) is 9.20. The molecule has 1 aliphatic heterocycles. The molecule has 1 heterocycles. The Hall–Kier alpha value is -3.47. The lowest BCUT2D eigenvalue weighted by Crippen LogP contribution is -2.32. The van der Waals surface area contributed by atoms with Crippen molar-refractivity contribution in [2.24, 2.45) is 5.73 Å². The van der Waals surface area contributed by atoms with Gasteiger partial charge in [0.2, 0.25) is 0 Å². The number of carbonyl (C=O) groups excluding carboxylic acids is 2. The first-order chi connectivity index (χ1) is 18.0. The first-order valence-electron chi connectivity index (χ1n) is 12.5. The highest BCUT2D eigenvalue weighted by atomic mass is 19.4. The summed E-state index contributed by atoms with van der Waals surface area (Å²) >= 11 is 0. The maximum Gasteiger partial charge on any atom is 0.422 e. The molecule has 208 valence electrons. The molecule has 0 aromatic heterocycles. The summed E-state index contributed by atoms with van der Waals surface area (Å²) in [4.78, 5) is 25.3. The third-order valence-corrected chi connectivity index (χ3v) is 5.99. The minimum Gasteiger partial charge on any atom is -0.488 e. The Morgan fingerprint density at radius 1 is 1.13 bits per heavy atom. The molecule has 1 amide bonds. The maximum absolute atomic E-state index is 12.5. The van der Waals surface area contributed by atoms with E-state index < -0.39 is 18.7 Å². The first-order valence-corrected chi connectivity index (χ1v) is 12.5. The Kier molecular flexibility index (Phi) is 10.2. The van der Waals surface area contributed by atoms with E-state index in [1.165, 1.54) is 13.0 Å². The zero-order valence-electron chi connectivity index (χ0n) is 21.6. The van der Waals surface area contributed by atoms with E-state index in [1.54, 1.807) is 18.2 Å². The highest BCUT2D eigenvalue weighted by Crippen LogP contribution is 2.34. The zero-order chi connectivity index (χ0) is 27.7. The van der Waals surface area contributed by atoms with Crippen molar-refractivity contribution < 1.29 is 37.0 Å². The topological polar surface area (TPSA) is 103 Å². The first kappa shape index (κ1) is 29.1. The number of nitrogens with zero attached hydrogens (tertiary/aromatic N) is 1. The number of anilines is 1. The Bertz CT molecular complexity index is 1110. The van der Waals surface area contributed by atoms with Crippen LogP contribution in [0.1, 0.15) is 41.8 Å². The van der Waals surface area contributed by atoms with Gasteiger partial charge in [-0.3, -0.25) is 9.59 Å². The second-order valence-electron chi connectivity index (χ2n) is 9.20. The molecule has 38 heavy (non-hydrogen) atoms. The van der Waals surface area contributed by atoms with Gasteiger partial charge >= 0.3 is 12.1 Å². The minimum atomic E-state index is -4.43. The van der Waals surface area contributed by atoms with E-state index in [4.69, 9.17) is 19.9 Å². The summed E-state index contributed by atoms with van der Waals surface area (Å²) in [7, 11) is 0. The van der Waals surface area contributed by atoms with Crippen molar-refractivity contribution in [3.05, 3.63) is 53.1 Å². The summed E-state index contributed by atoms with van der Waals surface area (Å²) in [6.45, 7) is 4.42. The molecule has 8 nitrogen and oxygen atoms in total. The molecule has 1 atom stereocenters. The summed E-state index contributed by atoms with van der Waals surface area (Å²) in [5.74, 6) is -0.525. The number of hydrogen-bond donors (Lipinski definition) is 2. The molecule has 3 N–H and O–H groups in total. The number of nitrogens with two attached hydrogens (primary N) is 1. The molecule has 0 fully saturated rings. The van der Waals surface area contributed by atoms with Crippen molar-refractivity contribution in [3.63, 3.8) is 0 Å². The van der Waals surface area contributed by atoms with Crippen LogP contribution in [0.25, 0.3) is 0 Å². The number of carbonyl (C=O) groups is 2. The number of esters is 1. The zero-order valence-corrected chi connectivity index (χ0v) is 21.6. The Morgan fingerprint density at radius 3 is 2.50 bits per heavy atom. The predicted molar refractivity (Wildman–Crippen MR) is 137 cm³/mol. The predicted octanol–water partition coefficient (Wildman–Crippen LogP) is 3.64. The molecular weight excluding hydrogens is 503 g/mol. The monoisotopic (exact) mass is 537 g/mol. The van der Waals surface area contributed by atoms with Crippen molar-refractivity contribution in [2.45, 2.75) is 45.3 Å². The number of hydrogen-bond acceptors (Lipinski definition) is 7. The summed E-state index contributed by atoms with van der Waals surface area (Å²) < 4.78 is 52.9. The molecule has 11 heteroatoms. The van der Waals surface area contributed by atoms with Gasteiger partial charge in [0.1, 0.15) is 6.61 Å². The molecule has 1 aliphatic rings. The molecular formula is C27H34F3N3O5. The van der Waals surface area contributed by atoms with Crippen molar-refractivity contribution in [3.8, 4) is 11.5 Å². The Labute approximate surface area is 220 Å². The number of alkyl halides is 3. The smallest absolute Gasteiger partial charge is 0.422 e. The van der Waals surface area contributed by atoms with Crippen LogP contribution in [-0.4, -0.2) is 63.5 Å². The van der Waals surface area contributed by atoms with E-state index in [-0.39, 0.29) is 30.1 Å². The summed E-state index contributed by atoms with van der Waals surface area (Å²) in [5.41, 5.74) is 9.09. The van der Waals surface area contributed by atoms with Crippen LogP contribution >= 0.6 is 0 Å². The van der Waals surface area contributed by atoms with Crippen LogP contribution in [0.15, 0.2) is 36.4 Å². The number of nitrogens with one attached hydrogen (secondary N) is 1. The third-order valence-electron chi connectivity index (χ3n) is 5.99. The highest BCUT2D eigenvalue weighted by Gasteiger charge is 2.29. The molecule has 2 aromatic rings. The lowest BCUT2D eigenvalue weighted by molar-refractivity contribution is -0.153. The quantitative estimate of drug-likeness (QED) is 0.280. The highest BCUT2D eigenvalue weighted by molar-refractivity contribution is 6.00. The fraction of sp³-hybridized carbons (Fsp3) is 0.481. The molecule has 0 saturated heterocycles. The van der Waals surface area contributed by atoms with Gasteiger partial charge in [0.25, 0.3) is 5.91 Å². The number of rotatable bonds is 14. The maximum atomic E-state index is 12.5. The van der Waals surface area contributed by atoms with Crippen LogP contribution in [-0.2, 0) is 22.4 Å². The van der Waals surface area contributed by atoms with Crippen LogP contribution in [0.3, 0.4) is 0 Å². The molecule has 0 saturated carbocycles. The van der Waals surface area contributed by atoms with Crippen LogP contribution in [0.4, 0.5) is 18.9 Å². The molecule has 2 aromatic carbocycles. The average molecular weight is 538 g/mol. The molecule has 0 aliphatic carbocycles. The van der Waals surface area contributed by atoms with E-state index in [9.17, 15) is 22.8 Å². The largest absolute Gasteiger partial charge is 0.488 e. The van der Waals surface area contributed by atoms with Crippen LogP contribution in [0.2, 0.25) is 0 Å². The number of primary amides is 1. The molecule has 0 bridgehead atoms. The van der Waals surface area contributed by atoms with Gasteiger partial charge in [0.15, 0.2) is 18.1 Å². The van der Waals surface area contributed by atoms with Gasteiger partial charge in [-0.1, -0.05) is 18.2 Å². The normalized spacial score (nSPS) is 13.7. The van der Waals surface area contributed by atoms with Crippen LogP contribution < -0.4 is 25.4 Å². The average Bonchev–Trinajstić information content (AvgIpc) is 3.25. The van der Waals surface area contributed by atoms with Gasteiger partial charge in [-0.25, -0.2) is 0 Å². The van der Waals surface area contributed by atoms with E-state index in [2.05, 4.69) is 16.3 Å². The fourth-order valence-corrected chi connectivity index (χ4v) is 4.43. The fourth-order valence-electron chi connectivity index (χ4n) is 4.43. The van der Waals surface area contributed by atoms with E-state index in [1.807, 2.05) is 13.0 Å². The van der Waals surface area contributed by atoms with Gasteiger partial charge in [0.05, 0.1) is 17.9 Å². The summed E-state index contributed by atoms with van der Waals surface area (Å²) in [6, 6.07) is 10.2. The van der Waals surface area contributed by atoms with Crippen molar-refractivity contribution in [1.29, 1.82) is 0 Å². The lowest BCUT2D eigenvalue weighted by atomic mass is 9.98. The lowest BCUT2D eigenvalue weighted by Gasteiger charge is -2.22. The number of halogens is 3. The van der Waals surface area contributed by atoms with Gasteiger partial charge in [-0.2, -0.15) is 13.2 Å². The Morgan fingerprint density at radius 2 is 1.84 bits per heavy atom. The van der Waals surface area contributed by atoms with Gasteiger partial charge in [0, 0.05) is 32.6 Å². The van der Waals surface area contributed by atoms with E-state index >= 15 is 0 Å². The summed E-state index contributed by atoms with van der Waals surface area (Å²) in [5, 5.41) is 3.33. The molecule has 0 radical (unpaired) electrons. The van der Waals surface area contributed by atoms with Crippen molar-refractivity contribution in [2.75, 3.05) is 44.4 Å². The Balaban J connectivity index is 1.52.